The minimum atomic E-state index is -0.00967. The number of amides is 1. The molecule has 1 unspecified atom stereocenters. The number of benzene rings is 1. The first-order valence-corrected chi connectivity index (χ1v) is 8.81. The van der Waals surface area contributed by atoms with Crippen molar-refractivity contribution in [1.29, 1.82) is 0 Å². The van der Waals surface area contributed by atoms with E-state index in [1.165, 1.54) is 6.42 Å². The van der Waals surface area contributed by atoms with Gasteiger partial charge in [-0.1, -0.05) is 12.1 Å². The number of fused-ring (bicyclic) bond motifs is 1. The van der Waals surface area contributed by atoms with Gasteiger partial charge in [-0.3, -0.25) is 4.79 Å². The molecule has 1 fully saturated rings. The molecule has 1 aliphatic heterocycles. The van der Waals surface area contributed by atoms with E-state index in [1.54, 1.807) is 17.4 Å². The highest BCUT2D eigenvalue weighted by Gasteiger charge is 2.26. The highest BCUT2D eigenvalue weighted by molar-refractivity contribution is 7.21. The van der Waals surface area contributed by atoms with Crippen molar-refractivity contribution < 1.29 is 9.21 Å². The van der Waals surface area contributed by atoms with Gasteiger partial charge in [-0.15, -0.1) is 11.3 Å². The van der Waals surface area contributed by atoms with Gasteiger partial charge in [0.05, 0.1) is 10.2 Å². The maximum atomic E-state index is 12.6. The predicted molar refractivity (Wildman–Crippen MR) is 91.7 cm³/mol. The molecular weight excluding hydrogens is 308 g/mol. The van der Waals surface area contributed by atoms with Crippen molar-refractivity contribution in [3.63, 3.8) is 0 Å². The summed E-state index contributed by atoms with van der Waals surface area (Å²) in [7, 11) is 0. The van der Waals surface area contributed by atoms with Crippen LogP contribution in [0.25, 0.3) is 21.0 Å². The van der Waals surface area contributed by atoms with Gasteiger partial charge in [0.15, 0.2) is 16.5 Å². The normalized spacial score (nSPS) is 18.5. The van der Waals surface area contributed by atoms with E-state index in [0.717, 1.165) is 34.6 Å². The topological polar surface area (TPSA) is 46.3 Å². The summed E-state index contributed by atoms with van der Waals surface area (Å²) in [5.41, 5.74) is 0.960. The molecule has 0 aliphatic carbocycles. The molecule has 0 N–H and O–H groups in total. The first kappa shape index (κ1) is 14.5. The fraction of sp³-hybridized carbons (Fsp3) is 0.333. The highest BCUT2D eigenvalue weighted by Crippen LogP contribution is 2.31. The summed E-state index contributed by atoms with van der Waals surface area (Å²) < 4.78 is 6.94. The molecule has 1 aliphatic rings. The Morgan fingerprint density at radius 1 is 1.26 bits per heavy atom. The number of rotatable bonds is 2. The van der Waals surface area contributed by atoms with E-state index in [-0.39, 0.29) is 11.9 Å². The van der Waals surface area contributed by atoms with Crippen LogP contribution in [0.3, 0.4) is 0 Å². The Kier molecular flexibility index (Phi) is 3.65. The number of likely N-dealkylation sites (tertiary alicyclic amines) is 1. The third kappa shape index (κ3) is 2.65. The molecule has 1 aromatic carbocycles. The van der Waals surface area contributed by atoms with Gasteiger partial charge in [-0.2, -0.15) is 0 Å². The second kappa shape index (κ2) is 5.81. The molecule has 1 saturated heterocycles. The van der Waals surface area contributed by atoms with Gasteiger partial charge < -0.3 is 9.32 Å². The summed E-state index contributed by atoms with van der Waals surface area (Å²) in [6, 6.07) is 11.9. The fourth-order valence-corrected chi connectivity index (χ4v) is 4.01. The molecular formula is C18H18N2O2S. The van der Waals surface area contributed by atoms with Crippen LogP contribution in [0.5, 0.6) is 0 Å². The molecule has 2 aromatic heterocycles. The van der Waals surface area contributed by atoms with Crippen LogP contribution < -0.4 is 0 Å². The van der Waals surface area contributed by atoms with Gasteiger partial charge >= 0.3 is 0 Å². The molecule has 0 saturated carbocycles. The summed E-state index contributed by atoms with van der Waals surface area (Å²) in [5.74, 6) is 1.07. The number of nitrogens with zero attached hydrogens (tertiary/aromatic N) is 2. The maximum absolute atomic E-state index is 12.6. The Hall–Kier alpha value is -2.14. The summed E-state index contributed by atoms with van der Waals surface area (Å²) in [5, 5.41) is 0.817. The van der Waals surface area contributed by atoms with Gasteiger partial charge in [0.2, 0.25) is 0 Å². The molecule has 3 heterocycles. The largest absolute Gasteiger partial charge is 0.448 e. The van der Waals surface area contributed by atoms with Crippen molar-refractivity contribution in [2.24, 2.45) is 0 Å². The third-order valence-electron chi connectivity index (χ3n) is 4.39. The van der Waals surface area contributed by atoms with Gasteiger partial charge in [0.25, 0.3) is 5.91 Å². The average molecular weight is 326 g/mol. The van der Waals surface area contributed by atoms with Crippen molar-refractivity contribution in [1.82, 2.24) is 9.88 Å². The Balaban J connectivity index is 1.62. The second-order valence-corrected chi connectivity index (χ2v) is 7.02. The standard InChI is InChI=1S/C18H18N2O2S/c1-12-6-4-5-11-20(12)18(21)15-10-9-14(22-15)17-19-13-7-2-3-8-16(13)23-17/h2-3,7-10,12H,4-6,11H2,1H3. The number of hydrogen-bond acceptors (Lipinski definition) is 4. The number of hydrogen-bond donors (Lipinski definition) is 0. The quantitative estimate of drug-likeness (QED) is 0.693. The zero-order chi connectivity index (χ0) is 15.8. The predicted octanol–water partition coefficient (Wildman–Crippen LogP) is 4.57. The average Bonchev–Trinajstić information content (AvgIpc) is 3.21. The van der Waals surface area contributed by atoms with Gasteiger partial charge in [0.1, 0.15) is 0 Å². The first-order valence-electron chi connectivity index (χ1n) is 7.99. The lowest BCUT2D eigenvalue weighted by molar-refractivity contribution is 0.0604. The number of para-hydroxylation sites is 1. The number of aromatic nitrogens is 1. The molecule has 4 nitrogen and oxygen atoms in total. The number of carbonyl (C=O) groups is 1. The van der Waals surface area contributed by atoms with Crippen LogP contribution in [0, 0.1) is 0 Å². The monoisotopic (exact) mass is 326 g/mol. The zero-order valence-electron chi connectivity index (χ0n) is 13.0. The van der Waals surface area contributed by atoms with Crippen LogP contribution in [0.1, 0.15) is 36.7 Å². The minimum absolute atomic E-state index is 0.00967. The van der Waals surface area contributed by atoms with Gasteiger partial charge in [-0.05, 0) is 50.5 Å². The SMILES string of the molecule is CC1CCCCN1C(=O)c1ccc(-c2nc3ccccc3s2)o1. The molecule has 4 rings (SSSR count). The van der Waals surface area contributed by atoms with Crippen LogP contribution in [-0.4, -0.2) is 28.4 Å². The lowest BCUT2D eigenvalue weighted by Gasteiger charge is -2.32. The van der Waals surface area contributed by atoms with E-state index in [2.05, 4.69) is 11.9 Å². The van der Waals surface area contributed by atoms with Crippen LogP contribution in [0.4, 0.5) is 0 Å². The molecule has 1 amide bonds. The van der Waals surface area contributed by atoms with E-state index in [0.29, 0.717) is 11.5 Å². The third-order valence-corrected chi connectivity index (χ3v) is 5.44. The van der Waals surface area contributed by atoms with E-state index in [4.69, 9.17) is 4.42 Å². The summed E-state index contributed by atoms with van der Waals surface area (Å²) >= 11 is 1.58. The molecule has 0 radical (unpaired) electrons. The lowest BCUT2D eigenvalue weighted by Crippen LogP contribution is -2.41. The Morgan fingerprint density at radius 2 is 2.13 bits per heavy atom. The van der Waals surface area contributed by atoms with Crippen molar-refractivity contribution in [3.8, 4) is 10.8 Å². The van der Waals surface area contributed by atoms with Crippen LogP contribution in [-0.2, 0) is 0 Å². The van der Waals surface area contributed by atoms with Gasteiger partial charge in [0, 0.05) is 12.6 Å². The fourth-order valence-electron chi connectivity index (χ4n) is 3.09. The first-order chi connectivity index (χ1) is 11.2. The summed E-state index contributed by atoms with van der Waals surface area (Å²) in [6.45, 7) is 2.92. The molecule has 1 atom stereocenters. The Labute approximate surface area is 138 Å². The van der Waals surface area contributed by atoms with Crippen LogP contribution in [0.2, 0.25) is 0 Å². The van der Waals surface area contributed by atoms with E-state index < -0.39 is 0 Å². The Bertz CT molecular complexity index is 818. The maximum Gasteiger partial charge on any atom is 0.289 e. The van der Waals surface area contributed by atoms with E-state index in [1.807, 2.05) is 35.2 Å². The number of carbonyl (C=O) groups excluding carboxylic acids is 1. The highest BCUT2D eigenvalue weighted by atomic mass is 32.1. The molecule has 3 aromatic rings. The molecule has 0 bridgehead atoms. The van der Waals surface area contributed by atoms with Crippen molar-refractivity contribution in [3.05, 3.63) is 42.2 Å². The summed E-state index contributed by atoms with van der Waals surface area (Å²) in [4.78, 5) is 19.1. The van der Waals surface area contributed by atoms with Crippen LogP contribution >= 0.6 is 11.3 Å². The molecule has 5 heteroatoms. The van der Waals surface area contributed by atoms with Crippen molar-refractivity contribution in [2.45, 2.75) is 32.2 Å². The van der Waals surface area contributed by atoms with E-state index >= 15 is 0 Å². The minimum Gasteiger partial charge on any atom is -0.448 e. The molecule has 0 spiro atoms. The molecule has 118 valence electrons. The molecule has 23 heavy (non-hydrogen) atoms. The number of piperidine rings is 1. The van der Waals surface area contributed by atoms with Gasteiger partial charge in [-0.25, -0.2) is 4.98 Å². The number of furan rings is 1. The van der Waals surface area contributed by atoms with E-state index in [9.17, 15) is 4.79 Å². The smallest absolute Gasteiger partial charge is 0.289 e. The summed E-state index contributed by atoms with van der Waals surface area (Å²) in [6.07, 6.45) is 3.33. The number of thiazole rings is 1. The zero-order valence-corrected chi connectivity index (χ0v) is 13.8. The lowest BCUT2D eigenvalue weighted by atomic mass is 10.0. The second-order valence-electron chi connectivity index (χ2n) is 5.99. The van der Waals surface area contributed by atoms with Crippen molar-refractivity contribution >= 4 is 27.5 Å². The van der Waals surface area contributed by atoms with Crippen LogP contribution in [0.15, 0.2) is 40.8 Å². The Morgan fingerprint density at radius 3 is 2.96 bits per heavy atom. The van der Waals surface area contributed by atoms with Crippen molar-refractivity contribution in [2.75, 3.05) is 6.54 Å².